The van der Waals surface area contributed by atoms with Crippen LogP contribution < -0.4 is 10.6 Å². The molecule has 2 aromatic carbocycles. The molecular formula is C18H13ClF2N4O. The van der Waals surface area contributed by atoms with Crippen LogP contribution in [-0.4, -0.2) is 15.9 Å². The van der Waals surface area contributed by atoms with Gasteiger partial charge >= 0.3 is 0 Å². The lowest BCUT2D eigenvalue weighted by atomic mass is 10.2. The molecule has 1 heterocycles. The summed E-state index contributed by atoms with van der Waals surface area (Å²) >= 11 is 5.81. The van der Waals surface area contributed by atoms with Gasteiger partial charge in [-0.05, 0) is 29.8 Å². The lowest BCUT2D eigenvalue weighted by Crippen LogP contribution is -2.23. The summed E-state index contributed by atoms with van der Waals surface area (Å²) in [4.78, 5) is 19.9. The molecule has 0 atom stereocenters. The van der Waals surface area contributed by atoms with Crippen molar-refractivity contribution >= 4 is 29.1 Å². The molecule has 0 fully saturated rings. The Morgan fingerprint density at radius 3 is 2.23 bits per heavy atom. The highest BCUT2D eigenvalue weighted by Gasteiger charge is 2.11. The number of rotatable bonds is 5. The van der Waals surface area contributed by atoms with Gasteiger partial charge in [-0.25, -0.2) is 18.7 Å². The van der Waals surface area contributed by atoms with E-state index in [1.165, 1.54) is 18.5 Å². The predicted molar refractivity (Wildman–Crippen MR) is 94.3 cm³/mol. The van der Waals surface area contributed by atoms with E-state index in [1.54, 1.807) is 24.3 Å². The van der Waals surface area contributed by atoms with E-state index in [2.05, 4.69) is 20.6 Å². The van der Waals surface area contributed by atoms with Crippen LogP contribution >= 0.6 is 11.6 Å². The second-order valence-electron chi connectivity index (χ2n) is 5.33. The number of amides is 1. The summed E-state index contributed by atoms with van der Waals surface area (Å²) in [6.07, 6.45) is 2.54. The van der Waals surface area contributed by atoms with Crippen LogP contribution in [0.25, 0.3) is 0 Å². The van der Waals surface area contributed by atoms with Crippen LogP contribution in [0.3, 0.4) is 0 Å². The smallest absolute Gasteiger partial charge is 0.254 e. The fourth-order valence-corrected chi connectivity index (χ4v) is 2.25. The molecule has 0 saturated carbocycles. The summed E-state index contributed by atoms with van der Waals surface area (Å²) in [5.74, 6) is -1.93. The number of anilines is 2. The van der Waals surface area contributed by atoms with E-state index >= 15 is 0 Å². The summed E-state index contributed by atoms with van der Waals surface area (Å²) in [5.41, 5.74) is 0.753. The summed E-state index contributed by atoms with van der Waals surface area (Å²) in [6, 6.07) is 10.5. The van der Waals surface area contributed by atoms with E-state index in [0.29, 0.717) is 11.6 Å². The Kier molecular flexibility index (Phi) is 5.38. The third-order valence-electron chi connectivity index (χ3n) is 3.48. The first kappa shape index (κ1) is 17.8. The number of carbonyl (C=O) groups is 1. The average Bonchev–Trinajstić information content (AvgIpc) is 2.65. The van der Waals surface area contributed by atoms with Gasteiger partial charge in [0.1, 0.15) is 17.3 Å². The molecule has 0 spiro atoms. The molecule has 8 heteroatoms. The maximum atomic E-state index is 13.6. The van der Waals surface area contributed by atoms with Gasteiger partial charge in [-0.15, -0.1) is 0 Å². The number of para-hydroxylation sites is 1. The first-order valence-electron chi connectivity index (χ1n) is 7.58. The first-order chi connectivity index (χ1) is 12.5. The quantitative estimate of drug-likeness (QED) is 0.706. The zero-order valence-corrected chi connectivity index (χ0v) is 14.1. The Morgan fingerprint density at radius 2 is 1.62 bits per heavy atom. The third kappa shape index (κ3) is 4.31. The zero-order chi connectivity index (χ0) is 18.5. The normalized spacial score (nSPS) is 10.4. The lowest BCUT2D eigenvalue weighted by molar-refractivity contribution is 0.0950. The Labute approximate surface area is 153 Å². The SMILES string of the molecule is O=C(NCc1ccc(Cl)cc1)c1cnc(Nc2c(F)cccc2F)nc1. The first-order valence-corrected chi connectivity index (χ1v) is 7.96. The number of aromatic nitrogens is 2. The zero-order valence-electron chi connectivity index (χ0n) is 13.3. The summed E-state index contributed by atoms with van der Waals surface area (Å²) < 4.78 is 27.2. The molecule has 0 unspecified atom stereocenters. The van der Waals surface area contributed by atoms with Crippen molar-refractivity contribution in [2.24, 2.45) is 0 Å². The molecular weight excluding hydrogens is 362 g/mol. The van der Waals surface area contributed by atoms with Crippen LogP contribution in [0.1, 0.15) is 15.9 Å². The van der Waals surface area contributed by atoms with Gasteiger partial charge in [0, 0.05) is 24.0 Å². The van der Waals surface area contributed by atoms with E-state index in [1.807, 2.05) is 0 Å². The molecule has 26 heavy (non-hydrogen) atoms. The molecule has 3 rings (SSSR count). The van der Waals surface area contributed by atoms with Crippen LogP contribution in [0, 0.1) is 11.6 Å². The second kappa shape index (κ2) is 7.88. The van der Waals surface area contributed by atoms with Crippen molar-refractivity contribution in [2.45, 2.75) is 6.54 Å². The molecule has 0 radical (unpaired) electrons. The highest BCUT2D eigenvalue weighted by Crippen LogP contribution is 2.20. The van der Waals surface area contributed by atoms with Gasteiger partial charge in [0.15, 0.2) is 0 Å². The van der Waals surface area contributed by atoms with Crippen molar-refractivity contribution in [3.8, 4) is 0 Å². The maximum absolute atomic E-state index is 13.6. The molecule has 0 saturated heterocycles. The number of nitrogens with zero attached hydrogens (tertiary/aromatic N) is 2. The molecule has 0 aliphatic carbocycles. The highest BCUT2D eigenvalue weighted by molar-refractivity contribution is 6.30. The summed E-state index contributed by atoms with van der Waals surface area (Å²) in [5, 5.41) is 5.79. The van der Waals surface area contributed by atoms with Gasteiger partial charge in [-0.2, -0.15) is 0 Å². The Hall–Kier alpha value is -3.06. The number of halogens is 3. The van der Waals surface area contributed by atoms with Crippen LogP contribution in [0.5, 0.6) is 0 Å². The van der Waals surface area contributed by atoms with Gasteiger partial charge in [0.2, 0.25) is 5.95 Å². The molecule has 1 amide bonds. The van der Waals surface area contributed by atoms with Crippen molar-refractivity contribution in [1.29, 1.82) is 0 Å². The molecule has 132 valence electrons. The maximum Gasteiger partial charge on any atom is 0.254 e. The van der Waals surface area contributed by atoms with Gasteiger partial charge in [-0.1, -0.05) is 29.8 Å². The number of hydrogen-bond acceptors (Lipinski definition) is 4. The van der Waals surface area contributed by atoms with Crippen LogP contribution in [0.4, 0.5) is 20.4 Å². The molecule has 5 nitrogen and oxygen atoms in total. The van der Waals surface area contributed by atoms with Gasteiger partial charge in [0.25, 0.3) is 5.91 Å². The third-order valence-corrected chi connectivity index (χ3v) is 3.73. The topological polar surface area (TPSA) is 66.9 Å². The van der Waals surface area contributed by atoms with Gasteiger partial charge in [-0.3, -0.25) is 4.79 Å². The largest absolute Gasteiger partial charge is 0.348 e. The minimum absolute atomic E-state index is 0.0248. The van der Waals surface area contributed by atoms with Crippen molar-refractivity contribution in [1.82, 2.24) is 15.3 Å². The molecule has 0 aliphatic heterocycles. The molecule has 0 aliphatic rings. The van der Waals surface area contributed by atoms with Crippen molar-refractivity contribution < 1.29 is 13.6 Å². The molecule has 1 aromatic heterocycles. The fraction of sp³-hybridized carbons (Fsp3) is 0.0556. The minimum Gasteiger partial charge on any atom is -0.348 e. The standard InChI is InChI=1S/C18H13ClF2N4O/c19-13-6-4-11(5-7-13)8-22-17(26)12-9-23-18(24-10-12)25-16-14(20)2-1-3-15(16)21/h1-7,9-10H,8H2,(H,22,26)(H,23,24,25). The van der Waals surface area contributed by atoms with Crippen LogP contribution in [-0.2, 0) is 6.54 Å². The fourth-order valence-electron chi connectivity index (χ4n) is 2.13. The number of hydrogen-bond donors (Lipinski definition) is 2. The van der Waals surface area contributed by atoms with Crippen LogP contribution in [0.2, 0.25) is 5.02 Å². The van der Waals surface area contributed by atoms with Gasteiger partial charge in [0.05, 0.1) is 5.56 Å². The van der Waals surface area contributed by atoms with Crippen LogP contribution in [0.15, 0.2) is 54.9 Å². The van der Waals surface area contributed by atoms with Crippen molar-refractivity contribution in [2.75, 3.05) is 5.32 Å². The Bertz CT molecular complexity index is 897. The minimum atomic E-state index is -0.765. The van der Waals surface area contributed by atoms with Crippen molar-refractivity contribution in [3.63, 3.8) is 0 Å². The average molecular weight is 375 g/mol. The van der Waals surface area contributed by atoms with E-state index in [0.717, 1.165) is 17.7 Å². The van der Waals surface area contributed by atoms with E-state index in [4.69, 9.17) is 11.6 Å². The summed E-state index contributed by atoms with van der Waals surface area (Å²) in [7, 11) is 0. The lowest BCUT2D eigenvalue weighted by Gasteiger charge is -2.08. The van der Waals surface area contributed by atoms with Gasteiger partial charge < -0.3 is 10.6 Å². The van der Waals surface area contributed by atoms with E-state index in [-0.39, 0.29) is 23.1 Å². The number of carbonyl (C=O) groups excluding carboxylic acids is 1. The number of benzene rings is 2. The Morgan fingerprint density at radius 1 is 1.00 bits per heavy atom. The Balaban J connectivity index is 1.63. The summed E-state index contributed by atoms with van der Waals surface area (Å²) in [6.45, 7) is 0.316. The highest BCUT2D eigenvalue weighted by atomic mass is 35.5. The predicted octanol–water partition coefficient (Wildman–Crippen LogP) is 4.08. The van der Waals surface area contributed by atoms with E-state index < -0.39 is 11.6 Å². The number of nitrogens with one attached hydrogen (secondary N) is 2. The molecule has 3 aromatic rings. The molecule has 2 N–H and O–H groups in total. The monoisotopic (exact) mass is 374 g/mol. The van der Waals surface area contributed by atoms with Crippen molar-refractivity contribution in [3.05, 3.63) is 82.6 Å². The second-order valence-corrected chi connectivity index (χ2v) is 5.76. The molecule has 0 bridgehead atoms. The van der Waals surface area contributed by atoms with E-state index in [9.17, 15) is 13.6 Å².